The minimum Gasteiger partial charge on any atom is -0.316 e. The molecule has 0 bridgehead atoms. The quantitative estimate of drug-likeness (QED) is 0.0761. The van der Waals surface area contributed by atoms with Gasteiger partial charge in [0.05, 0.1) is 34.7 Å². The Morgan fingerprint density at radius 2 is 0.508 bits per heavy atom. The number of pyridine rings is 2. The Hall–Kier alpha value is -12.5. The van der Waals surface area contributed by atoms with Crippen LogP contribution in [0.15, 0.2) is 303 Å². The zero-order valence-electron chi connectivity index (χ0n) is 63.5. The molecule has 604 valence electrons. The molecular weight excluding hydrogens is 2250 g/mol. The van der Waals surface area contributed by atoms with Gasteiger partial charge < -0.3 is 18.3 Å². The van der Waals surface area contributed by atoms with Crippen LogP contribution in [-0.4, -0.2) is 69.0 Å². The van der Waals surface area contributed by atoms with Crippen LogP contribution < -0.4 is 0 Å². The summed E-state index contributed by atoms with van der Waals surface area (Å²) in [4.78, 5) is 8.93. The summed E-state index contributed by atoms with van der Waals surface area (Å²) >= 11 is 0. The van der Waals surface area contributed by atoms with Gasteiger partial charge in [0.1, 0.15) is 23.3 Å². The first-order valence-corrected chi connectivity index (χ1v) is 36.2. The van der Waals surface area contributed by atoms with Crippen LogP contribution in [0.25, 0.3) is 136 Å². The fourth-order valence-corrected chi connectivity index (χ4v) is 12.9. The van der Waals surface area contributed by atoms with E-state index < -0.39 is 0 Å². The molecule has 0 aliphatic carbocycles. The summed E-state index contributed by atoms with van der Waals surface area (Å²) in [5.74, 6) is 1.44. The summed E-state index contributed by atoms with van der Waals surface area (Å²) in [5.41, 5.74) is 16.2. The third-order valence-electron chi connectivity index (χ3n) is 18.3. The second-order valence-corrected chi connectivity index (χ2v) is 26.4. The van der Waals surface area contributed by atoms with Gasteiger partial charge in [-0.3, -0.25) is 27.5 Å². The van der Waals surface area contributed by atoms with Gasteiger partial charge in [-0.25, -0.2) is 17.6 Å². The molecule has 0 atom stereocenters. The van der Waals surface area contributed by atoms with Gasteiger partial charge in [0, 0.05) is 160 Å². The molecule has 120 heavy (non-hydrogen) atoms. The largest absolute Gasteiger partial charge is 0.316 e. The molecule has 26 heteroatoms. The van der Waals surface area contributed by atoms with Crippen LogP contribution in [0.2, 0.25) is 0 Å². The summed E-state index contributed by atoms with van der Waals surface area (Å²) in [6.45, 7) is 7.62. The Labute approximate surface area is 739 Å². The van der Waals surface area contributed by atoms with E-state index in [2.05, 4.69) is 87.2 Å². The van der Waals surface area contributed by atoms with Gasteiger partial charge in [-0.15, -0.1) is 140 Å². The molecule has 0 saturated heterocycles. The molecule has 0 N–H and O–H groups in total. The van der Waals surface area contributed by atoms with Crippen molar-refractivity contribution >= 4 is 0 Å². The number of benzene rings is 12. The molecule has 6 aromatic heterocycles. The molecule has 14 nitrogen and oxygen atoms in total. The van der Waals surface area contributed by atoms with Crippen molar-refractivity contribution in [1.29, 1.82) is 0 Å². The molecule has 0 amide bonds. The minimum absolute atomic E-state index is 0. The van der Waals surface area contributed by atoms with Crippen molar-refractivity contribution in [2.24, 2.45) is 0 Å². The van der Waals surface area contributed by atoms with Crippen molar-refractivity contribution in [2.45, 2.75) is 27.7 Å². The predicted octanol–water partition coefficient (Wildman–Crippen LogP) is 22.1. The first kappa shape index (κ1) is 88.4. The van der Waals surface area contributed by atoms with E-state index in [1.807, 2.05) is 167 Å². The third-order valence-corrected chi connectivity index (χ3v) is 18.3. The number of aryl methyl sites for hydroxylation is 4. The topological polar surface area (TPSA) is 149 Å². The summed E-state index contributed by atoms with van der Waals surface area (Å²) < 4.78 is 115. The first-order valence-electron chi connectivity index (χ1n) is 36.2. The SMILES string of the molecule is Cc1cc(-n2c(-c3[c-]cc(F)cc3)nnc2-c2ccc(F)cc2)cc(C)n1.Cc1ccc(-n2c(-c3[c-]cc(F)cc3)nnc2-c2ccc(F)cc2)c(C)n1.Fc1c[c-]c(-c2nnc(-c3ccc(F)cc3)n2-c2ccc(-c3ccccc3)cc2)cc1.Fc1c[c-]c(-c2nnc(-c3ccc(F)cc3)n2-c2cccc(-c3ccccc3)c2)cc1.[Ir].[Ir].[Ir].[Ir]. The number of aromatic nitrogens is 14. The molecule has 6 heterocycles. The summed E-state index contributed by atoms with van der Waals surface area (Å²) in [5, 5.41) is 34.6. The van der Waals surface area contributed by atoms with E-state index in [0.717, 1.165) is 73.3 Å². The average Bonchev–Trinajstić information content (AvgIpc) is 1.63. The van der Waals surface area contributed by atoms with Crippen molar-refractivity contribution in [3.63, 3.8) is 0 Å². The van der Waals surface area contributed by atoms with Crippen LogP contribution in [0.1, 0.15) is 22.8 Å². The standard InChI is InChI=1S/2C26H16F2N3.2C21H15F2N4.4Ir/c27-22-13-9-19(10-14-22)25-29-30-26(20-11-15-23(28)16-12-20)31(25)24-8-4-7-21(17-24)18-5-2-1-3-6-18;27-22-12-6-20(7-13-22)25-29-30-26(21-8-14-23(28)15-9-21)31(25)24-16-10-19(11-17-24)18-4-2-1-3-5-18;1-13-3-12-19(14(2)24-13)27-20(15-4-8-17(22)9-5-15)25-26-21(27)16-6-10-18(23)11-7-16;1-13-11-19(12-14(2)24-13)27-20(15-3-7-17(22)8-4-15)25-26-21(27)16-5-9-18(23)10-6-16;;;;/h1-11,13-17H;1-8,10-17H;3-6,8-12H,1-2H3;3-5,7-12H,1-2H3;;;;/q4*-1;;;;. The van der Waals surface area contributed by atoms with E-state index in [-0.39, 0.29) is 127 Å². The average molecular weight is 2310 g/mol. The van der Waals surface area contributed by atoms with E-state index in [1.54, 1.807) is 72.8 Å². The van der Waals surface area contributed by atoms with Gasteiger partial charge in [0.2, 0.25) is 0 Å². The summed E-state index contributed by atoms with van der Waals surface area (Å²) in [7, 11) is 0. The molecule has 0 aliphatic heterocycles. The summed E-state index contributed by atoms with van der Waals surface area (Å²) in [6.07, 6.45) is 0. The van der Waals surface area contributed by atoms with Crippen LogP contribution in [0, 0.1) is 98.5 Å². The molecule has 18 aromatic rings. The minimum atomic E-state index is -0.378. The van der Waals surface area contributed by atoms with Crippen LogP contribution in [0.3, 0.4) is 0 Å². The van der Waals surface area contributed by atoms with Crippen LogP contribution in [0.4, 0.5) is 35.1 Å². The third kappa shape index (κ3) is 20.6. The van der Waals surface area contributed by atoms with E-state index in [1.165, 1.54) is 97.1 Å². The molecule has 4 radical (unpaired) electrons. The van der Waals surface area contributed by atoms with E-state index in [4.69, 9.17) is 0 Å². The van der Waals surface area contributed by atoms with Crippen molar-refractivity contribution in [1.82, 2.24) is 69.0 Å². The van der Waals surface area contributed by atoms with E-state index >= 15 is 0 Å². The number of hydrogen-bond acceptors (Lipinski definition) is 10. The molecule has 12 aromatic carbocycles. The van der Waals surface area contributed by atoms with Gasteiger partial charge in [-0.1, -0.05) is 84.9 Å². The zero-order valence-corrected chi connectivity index (χ0v) is 73.1. The monoisotopic (exact) mass is 2310 g/mol. The second kappa shape index (κ2) is 40.3. The summed E-state index contributed by atoms with van der Waals surface area (Å²) in [6, 6.07) is 96.6. The normalized spacial score (nSPS) is 10.6. The van der Waals surface area contributed by atoms with Gasteiger partial charge >= 0.3 is 0 Å². The first-order chi connectivity index (χ1) is 56.4. The number of halogens is 8. The molecule has 0 spiro atoms. The fourth-order valence-electron chi connectivity index (χ4n) is 12.9. The van der Waals surface area contributed by atoms with Crippen molar-refractivity contribution in [2.75, 3.05) is 0 Å². The molecule has 18 rings (SSSR count). The van der Waals surface area contributed by atoms with Gasteiger partial charge in [0.15, 0.2) is 23.3 Å². The van der Waals surface area contributed by atoms with Crippen molar-refractivity contribution in [3.8, 4) is 136 Å². The van der Waals surface area contributed by atoms with Crippen LogP contribution >= 0.6 is 0 Å². The predicted molar refractivity (Wildman–Crippen MR) is 429 cm³/mol. The van der Waals surface area contributed by atoms with Gasteiger partial charge in [-0.05, 0) is 196 Å². The number of rotatable bonds is 14. The number of hydrogen-bond donors (Lipinski definition) is 0. The molecular formula is C94H62F8Ir4N14-4. The zero-order chi connectivity index (χ0) is 80.3. The van der Waals surface area contributed by atoms with Crippen LogP contribution in [0.5, 0.6) is 0 Å². The Morgan fingerprint density at radius 3 is 0.858 bits per heavy atom. The molecule has 0 fully saturated rings. The van der Waals surface area contributed by atoms with Crippen molar-refractivity contribution < 1.29 is 116 Å². The number of nitrogens with zero attached hydrogens (tertiary/aromatic N) is 14. The maximum absolute atomic E-state index is 13.5. The van der Waals surface area contributed by atoms with E-state index in [0.29, 0.717) is 85.5 Å². The molecule has 0 aliphatic rings. The Bertz CT molecular complexity index is 6160. The van der Waals surface area contributed by atoms with Gasteiger partial charge in [0.25, 0.3) is 0 Å². The van der Waals surface area contributed by atoms with Crippen LogP contribution in [-0.2, 0) is 80.4 Å². The van der Waals surface area contributed by atoms with Gasteiger partial charge in [-0.2, -0.15) is 20.4 Å². The maximum Gasteiger partial charge on any atom is 0.159 e. The second-order valence-electron chi connectivity index (χ2n) is 26.4. The Balaban J connectivity index is 0.000000155. The Kier molecular flexibility index (Phi) is 29.7. The fraction of sp³-hybridized carbons (Fsp3) is 0.0426. The Morgan fingerprint density at radius 1 is 0.217 bits per heavy atom. The maximum atomic E-state index is 13.5. The van der Waals surface area contributed by atoms with Crippen molar-refractivity contribution in [3.05, 3.63) is 397 Å². The molecule has 0 saturated carbocycles. The van der Waals surface area contributed by atoms with E-state index in [9.17, 15) is 35.1 Å². The molecule has 0 unspecified atom stereocenters. The smallest absolute Gasteiger partial charge is 0.159 e.